The Hall–Kier alpha value is -0.820. The second-order valence-electron chi connectivity index (χ2n) is 6.51. The van der Waals surface area contributed by atoms with E-state index in [4.69, 9.17) is 5.73 Å². The maximum absolute atomic E-state index is 6.68. The third-order valence-corrected chi connectivity index (χ3v) is 4.02. The summed E-state index contributed by atoms with van der Waals surface area (Å²) in [6.07, 6.45) is 6.17. The highest BCUT2D eigenvalue weighted by Gasteiger charge is 2.33. The van der Waals surface area contributed by atoms with Gasteiger partial charge in [-0.05, 0) is 29.4 Å². The van der Waals surface area contributed by atoms with E-state index in [9.17, 15) is 0 Å². The smallest absolute Gasteiger partial charge is 0.0412 e. The molecule has 94 valence electrons. The normalized spacial score (nSPS) is 20.2. The van der Waals surface area contributed by atoms with Gasteiger partial charge in [0, 0.05) is 5.54 Å². The second kappa shape index (κ2) is 4.45. The summed E-state index contributed by atoms with van der Waals surface area (Å²) in [4.78, 5) is 0. The molecule has 0 spiro atoms. The van der Waals surface area contributed by atoms with Gasteiger partial charge in [0.2, 0.25) is 0 Å². The lowest BCUT2D eigenvalue weighted by Gasteiger charge is -2.38. The largest absolute Gasteiger partial charge is 0.321 e. The van der Waals surface area contributed by atoms with E-state index in [2.05, 4.69) is 45.0 Å². The van der Waals surface area contributed by atoms with Gasteiger partial charge in [0.1, 0.15) is 0 Å². The average Bonchev–Trinajstić information content (AvgIpc) is 2.29. The van der Waals surface area contributed by atoms with Gasteiger partial charge in [0.15, 0.2) is 0 Å². The second-order valence-corrected chi connectivity index (χ2v) is 6.51. The number of hydrogen-bond acceptors (Lipinski definition) is 1. The van der Waals surface area contributed by atoms with Crippen molar-refractivity contribution in [1.82, 2.24) is 0 Å². The zero-order valence-corrected chi connectivity index (χ0v) is 11.4. The molecule has 1 heteroatoms. The molecular weight excluding hydrogens is 206 g/mol. The number of nitrogens with two attached hydrogens (primary N) is 1. The molecule has 1 saturated carbocycles. The Labute approximate surface area is 105 Å². The van der Waals surface area contributed by atoms with Crippen molar-refractivity contribution in [3.05, 3.63) is 35.4 Å². The van der Waals surface area contributed by atoms with Crippen molar-refractivity contribution in [1.29, 1.82) is 0 Å². The van der Waals surface area contributed by atoms with E-state index in [0.29, 0.717) is 0 Å². The lowest BCUT2D eigenvalue weighted by molar-refractivity contribution is 0.297. The monoisotopic (exact) mass is 231 g/mol. The molecule has 1 aliphatic carbocycles. The fraction of sp³-hybridized carbons (Fsp3) is 0.625. The minimum absolute atomic E-state index is 0.0812. The summed E-state index contributed by atoms with van der Waals surface area (Å²) in [5, 5.41) is 0. The average molecular weight is 231 g/mol. The highest BCUT2D eigenvalue weighted by atomic mass is 14.7. The Morgan fingerprint density at radius 2 is 1.59 bits per heavy atom. The van der Waals surface area contributed by atoms with Crippen LogP contribution in [-0.4, -0.2) is 0 Å². The standard InChI is InChI=1S/C16H25N/c1-15(2,3)13-9-5-6-10-14(13)16(17)11-7-4-8-12-16/h5-6,9-10H,4,7-8,11-12,17H2,1-3H3. The summed E-state index contributed by atoms with van der Waals surface area (Å²) in [6.45, 7) is 6.83. The first kappa shape index (κ1) is 12.6. The number of rotatable bonds is 1. The molecule has 0 aliphatic heterocycles. The van der Waals surface area contributed by atoms with Crippen LogP contribution < -0.4 is 5.73 Å². The fourth-order valence-corrected chi connectivity index (χ4v) is 3.02. The lowest BCUT2D eigenvalue weighted by atomic mass is 9.71. The Kier molecular flexibility index (Phi) is 3.31. The van der Waals surface area contributed by atoms with Crippen molar-refractivity contribution in [2.24, 2.45) is 5.73 Å². The van der Waals surface area contributed by atoms with Crippen LogP contribution >= 0.6 is 0 Å². The first-order valence-corrected chi connectivity index (χ1v) is 6.82. The van der Waals surface area contributed by atoms with Crippen molar-refractivity contribution in [2.75, 3.05) is 0 Å². The molecule has 0 bridgehead atoms. The van der Waals surface area contributed by atoms with Gasteiger partial charge in [-0.1, -0.05) is 64.3 Å². The summed E-state index contributed by atoms with van der Waals surface area (Å²) in [5.41, 5.74) is 9.58. The van der Waals surface area contributed by atoms with Crippen molar-refractivity contribution in [3.63, 3.8) is 0 Å². The van der Waals surface area contributed by atoms with E-state index in [-0.39, 0.29) is 11.0 Å². The molecule has 17 heavy (non-hydrogen) atoms. The van der Waals surface area contributed by atoms with Gasteiger partial charge >= 0.3 is 0 Å². The Bertz CT molecular complexity index is 381. The third kappa shape index (κ3) is 2.55. The summed E-state index contributed by atoms with van der Waals surface area (Å²) in [7, 11) is 0. The molecule has 1 fully saturated rings. The van der Waals surface area contributed by atoms with Crippen LogP contribution in [0.5, 0.6) is 0 Å². The van der Waals surface area contributed by atoms with E-state index < -0.39 is 0 Å². The van der Waals surface area contributed by atoms with Crippen LogP contribution in [0.2, 0.25) is 0 Å². The van der Waals surface area contributed by atoms with Gasteiger partial charge in [-0.15, -0.1) is 0 Å². The van der Waals surface area contributed by atoms with Gasteiger partial charge in [-0.3, -0.25) is 0 Å². The van der Waals surface area contributed by atoms with Gasteiger partial charge < -0.3 is 5.73 Å². The van der Waals surface area contributed by atoms with Gasteiger partial charge in [-0.25, -0.2) is 0 Å². The molecule has 0 unspecified atom stereocenters. The lowest BCUT2D eigenvalue weighted by Crippen LogP contribution is -2.40. The van der Waals surface area contributed by atoms with Crippen LogP contribution in [0.15, 0.2) is 24.3 Å². The molecule has 2 N–H and O–H groups in total. The maximum Gasteiger partial charge on any atom is 0.0412 e. The van der Waals surface area contributed by atoms with Crippen LogP contribution in [0.3, 0.4) is 0 Å². The molecular formula is C16H25N. The van der Waals surface area contributed by atoms with E-state index >= 15 is 0 Å². The molecule has 0 radical (unpaired) electrons. The third-order valence-electron chi connectivity index (χ3n) is 4.02. The molecule has 0 heterocycles. The first-order valence-electron chi connectivity index (χ1n) is 6.82. The quantitative estimate of drug-likeness (QED) is 0.773. The Morgan fingerprint density at radius 1 is 1.00 bits per heavy atom. The van der Waals surface area contributed by atoms with E-state index in [1.54, 1.807) is 0 Å². The van der Waals surface area contributed by atoms with Crippen LogP contribution in [0.4, 0.5) is 0 Å². The summed E-state index contributed by atoms with van der Waals surface area (Å²) < 4.78 is 0. The van der Waals surface area contributed by atoms with Crippen LogP contribution in [-0.2, 0) is 11.0 Å². The molecule has 0 atom stereocenters. The predicted octanol–water partition coefficient (Wildman–Crippen LogP) is 4.10. The SMILES string of the molecule is CC(C)(C)c1ccccc1C1(N)CCCCC1. The fourth-order valence-electron chi connectivity index (χ4n) is 3.02. The molecule has 0 amide bonds. The number of benzene rings is 1. The van der Waals surface area contributed by atoms with Crippen molar-refractivity contribution in [3.8, 4) is 0 Å². The Balaban J connectivity index is 2.44. The van der Waals surface area contributed by atoms with E-state index in [0.717, 1.165) is 12.8 Å². The minimum Gasteiger partial charge on any atom is -0.321 e. The molecule has 0 aromatic heterocycles. The molecule has 1 aromatic carbocycles. The van der Waals surface area contributed by atoms with Crippen LogP contribution in [0.1, 0.15) is 64.0 Å². The summed E-state index contributed by atoms with van der Waals surface area (Å²) in [5.74, 6) is 0. The highest BCUT2D eigenvalue weighted by Crippen LogP contribution is 2.39. The van der Waals surface area contributed by atoms with E-state index in [1.807, 2.05) is 0 Å². The molecule has 1 aromatic rings. The highest BCUT2D eigenvalue weighted by molar-refractivity contribution is 5.38. The van der Waals surface area contributed by atoms with Crippen LogP contribution in [0, 0.1) is 0 Å². The maximum atomic E-state index is 6.68. The van der Waals surface area contributed by atoms with Crippen molar-refractivity contribution >= 4 is 0 Å². The summed E-state index contributed by atoms with van der Waals surface area (Å²) >= 11 is 0. The molecule has 1 aliphatic rings. The zero-order chi connectivity index (χ0) is 12.5. The summed E-state index contributed by atoms with van der Waals surface area (Å²) in [6, 6.07) is 8.76. The molecule has 2 rings (SSSR count). The van der Waals surface area contributed by atoms with Gasteiger partial charge in [-0.2, -0.15) is 0 Å². The molecule has 0 saturated heterocycles. The van der Waals surface area contributed by atoms with Crippen molar-refractivity contribution < 1.29 is 0 Å². The van der Waals surface area contributed by atoms with E-state index in [1.165, 1.54) is 30.4 Å². The Morgan fingerprint density at radius 3 is 2.18 bits per heavy atom. The first-order chi connectivity index (χ1) is 7.93. The van der Waals surface area contributed by atoms with Gasteiger partial charge in [0.25, 0.3) is 0 Å². The van der Waals surface area contributed by atoms with Crippen molar-refractivity contribution in [2.45, 2.75) is 63.8 Å². The topological polar surface area (TPSA) is 26.0 Å². The minimum atomic E-state index is -0.0812. The zero-order valence-electron chi connectivity index (χ0n) is 11.4. The predicted molar refractivity (Wildman–Crippen MR) is 74.1 cm³/mol. The van der Waals surface area contributed by atoms with Crippen LogP contribution in [0.25, 0.3) is 0 Å². The number of hydrogen-bond donors (Lipinski definition) is 1. The molecule has 1 nitrogen and oxygen atoms in total. The van der Waals surface area contributed by atoms with Gasteiger partial charge in [0.05, 0.1) is 0 Å².